The molecule has 0 bridgehead atoms. The standard InChI is InChI=1S/C23H26F3N3O2.2CH4/c1-4-29-21-12-27-15(9-20(21)28(3)13(2)23(29)30)6-5-14-7-16(8-14)31-17-10-18(24)22(26)19(25)11-17;;/h9-14,16H,4-8H2,1-3H3;2*1H4. The van der Waals surface area contributed by atoms with E-state index in [0.717, 1.165) is 54.9 Å². The van der Waals surface area contributed by atoms with Crippen LogP contribution in [0.1, 0.15) is 53.7 Å². The lowest BCUT2D eigenvalue weighted by atomic mass is 9.79. The van der Waals surface area contributed by atoms with Crippen LogP contribution in [0, 0.1) is 23.4 Å². The molecule has 2 aromatic rings. The van der Waals surface area contributed by atoms with Crippen molar-refractivity contribution in [3.8, 4) is 5.75 Å². The predicted octanol–water partition coefficient (Wildman–Crippen LogP) is 5.75. The zero-order valence-corrected chi connectivity index (χ0v) is 17.9. The van der Waals surface area contributed by atoms with E-state index >= 15 is 0 Å². The van der Waals surface area contributed by atoms with Gasteiger partial charge in [0, 0.05) is 31.4 Å². The maximum Gasteiger partial charge on any atom is 0.249 e. The first-order chi connectivity index (χ1) is 14.8. The number of anilines is 2. The summed E-state index contributed by atoms with van der Waals surface area (Å²) in [6.07, 6.45) is 4.93. The van der Waals surface area contributed by atoms with Crippen LogP contribution >= 0.6 is 0 Å². The summed E-state index contributed by atoms with van der Waals surface area (Å²) in [4.78, 5) is 20.8. The van der Waals surface area contributed by atoms with Gasteiger partial charge in [-0.1, -0.05) is 14.9 Å². The van der Waals surface area contributed by atoms with Crippen LogP contribution in [-0.2, 0) is 11.2 Å². The van der Waals surface area contributed by atoms with Gasteiger partial charge in [-0.3, -0.25) is 9.78 Å². The number of pyridine rings is 1. The van der Waals surface area contributed by atoms with Gasteiger partial charge in [-0.25, -0.2) is 13.2 Å². The van der Waals surface area contributed by atoms with Crippen molar-refractivity contribution in [1.29, 1.82) is 0 Å². The van der Waals surface area contributed by atoms with Gasteiger partial charge in [0.1, 0.15) is 11.8 Å². The van der Waals surface area contributed by atoms with Crippen molar-refractivity contribution in [1.82, 2.24) is 4.98 Å². The summed E-state index contributed by atoms with van der Waals surface area (Å²) in [5.74, 6) is -3.44. The lowest BCUT2D eigenvalue weighted by Gasteiger charge is -2.39. The number of aryl methyl sites for hydroxylation is 1. The van der Waals surface area contributed by atoms with Gasteiger partial charge in [-0.05, 0) is 51.5 Å². The third-order valence-electron chi connectivity index (χ3n) is 6.37. The Hall–Kier alpha value is -2.77. The number of hydrogen-bond donors (Lipinski definition) is 0. The van der Waals surface area contributed by atoms with Crippen LogP contribution < -0.4 is 14.5 Å². The molecule has 1 saturated carbocycles. The molecule has 5 nitrogen and oxygen atoms in total. The quantitative estimate of drug-likeness (QED) is 0.510. The van der Waals surface area contributed by atoms with E-state index in [0.29, 0.717) is 12.5 Å². The monoisotopic (exact) mass is 465 g/mol. The Morgan fingerprint density at radius 1 is 1.09 bits per heavy atom. The smallest absolute Gasteiger partial charge is 0.249 e. The number of benzene rings is 1. The molecule has 1 aromatic heterocycles. The molecule has 1 aromatic carbocycles. The van der Waals surface area contributed by atoms with Gasteiger partial charge in [0.2, 0.25) is 5.91 Å². The highest BCUT2D eigenvalue weighted by atomic mass is 19.2. The van der Waals surface area contributed by atoms with E-state index < -0.39 is 17.5 Å². The first kappa shape index (κ1) is 26.5. The minimum atomic E-state index is -1.48. The largest absolute Gasteiger partial charge is 0.490 e. The summed E-state index contributed by atoms with van der Waals surface area (Å²) in [6, 6.07) is 3.60. The first-order valence-corrected chi connectivity index (χ1v) is 10.6. The Morgan fingerprint density at radius 3 is 2.33 bits per heavy atom. The number of hydrogen-bond acceptors (Lipinski definition) is 4. The molecule has 2 aliphatic rings. The van der Waals surface area contributed by atoms with E-state index in [1.165, 1.54) is 0 Å². The number of amides is 1. The molecule has 1 aliphatic carbocycles. The molecule has 1 atom stereocenters. The Kier molecular flexibility index (Phi) is 8.38. The maximum absolute atomic E-state index is 13.3. The van der Waals surface area contributed by atoms with E-state index in [1.807, 2.05) is 25.8 Å². The molecule has 0 radical (unpaired) electrons. The summed E-state index contributed by atoms with van der Waals surface area (Å²) in [7, 11) is 1.92. The van der Waals surface area contributed by atoms with Gasteiger partial charge < -0.3 is 14.5 Å². The van der Waals surface area contributed by atoms with Crippen LogP contribution in [0.15, 0.2) is 24.4 Å². The fourth-order valence-corrected chi connectivity index (χ4v) is 4.30. The number of rotatable bonds is 6. The molecule has 1 unspecified atom stereocenters. The zero-order valence-electron chi connectivity index (χ0n) is 17.9. The molecule has 8 heteroatoms. The Balaban J connectivity index is 0.00000193. The molecule has 33 heavy (non-hydrogen) atoms. The van der Waals surface area contributed by atoms with Crippen molar-refractivity contribution < 1.29 is 22.7 Å². The lowest BCUT2D eigenvalue weighted by molar-refractivity contribution is -0.119. The minimum Gasteiger partial charge on any atom is -0.490 e. The number of fused-ring (bicyclic) bond motifs is 1. The van der Waals surface area contributed by atoms with Gasteiger partial charge >= 0.3 is 0 Å². The van der Waals surface area contributed by atoms with E-state index in [9.17, 15) is 18.0 Å². The number of likely N-dealkylation sites (N-methyl/N-ethyl adjacent to an activating group) is 2. The highest BCUT2D eigenvalue weighted by Crippen LogP contribution is 2.37. The number of aromatic nitrogens is 1. The Bertz CT molecular complexity index is 972. The van der Waals surface area contributed by atoms with Gasteiger partial charge in [0.05, 0.1) is 23.7 Å². The zero-order chi connectivity index (χ0) is 22.3. The summed E-state index contributed by atoms with van der Waals surface area (Å²) < 4.78 is 45.2. The second-order valence-corrected chi connectivity index (χ2v) is 8.35. The normalized spacial score (nSPS) is 21.5. The second-order valence-electron chi connectivity index (χ2n) is 8.35. The summed E-state index contributed by atoms with van der Waals surface area (Å²) in [5.41, 5.74) is 2.82. The van der Waals surface area contributed by atoms with Crippen molar-refractivity contribution >= 4 is 17.3 Å². The average Bonchev–Trinajstić information content (AvgIpc) is 2.72. The number of halogens is 3. The first-order valence-electron chi connectivity index (χ1n) is 10.6. The molecular weight excluding hydrogens is 431 g/mol. The number of nitrogens with zero attached hydrogens (tertiary/aromatic N) is 3. The van der Waals surface area contributed by atoms with Crippen molar-refractivity contribution in [2.75, 3.05) is 23.4 Å². The molecule has 182 valence electrons. The van der Waals surface area contributed by atoms with E-state index in [-0.39, 0.29) is 38.7 Å². The van der Waals surface area contributed by atoms with Crippen molar-refractivity contribution in [2.45, 2.75) is 66.5 Å². The molecule has 1 aliphatic heterocycles. The summed E-state index contributed by atoms with van der Waals surface area (Å²) >= 11 is 0. The molecule has 4 rings (SSSR count). The van der Waals surface area contributed by atoms with Crippen LogP contribution in [0.3, 0.4) is 0 Å². The highest BCUT2D eigenvalue weighted by molar-refractivity contribution is 6.04. The molecule has 2 heterocycles. The van der Waals surface area contributed by atoms with Gasteiger partial charge in [-0.2, -0.15) is 0 Å². The molecular formula is C25H34F3N3O2. The fraction of sp³-hybridized carbons (Fsp3) is 0.520. The van der Waals surface area contributed by atoms with Crippen LogP contribution in [-0.4, -0.2) is 36.6 Å². The number of carbonyl (C=O) groups is 1. The molecule has 0 spiro atoms. The maximum atomic E-state index is 13.3. The lowest BCUT2D eigenvalue weighted by Crippen LogP contribution is -2.50. The topological polar surface area (TPSA) is 45.7 Å². The summed E-state index contributed by atoms with van der Waals surface area (Å²) in [5, 5.41) is 0. The molecule has 1 fully saturated rings. The number of carbonyl (C=O) groups excluding carboxylic acids is 1. The van der Waals surface area contributed by atoms with Crippen molar-refractivity contribution in [2.24, 2.45) is 5.92 Å². The minimum absolute atomic E-state index is 0. The molecule has 1 amide bonds. The van der Waals surface area contributed by atoms with E-state index in [1.54, 1.807) is 11.1 Å². The van der Waals surface area contributed by atoms with E-state index in [2.05, 4.69) is 11.1 Å². The van der Waals surface area contributed by atoms with Crippen LogP contribution in [0.4, 0.5) is 24.5 Å². The number of ether oxygens (including phenoxy) is 1. The Morgan fingerprint density at radius 2 is 1.73 bits per heavy atom. The SMILES string of the molecule is C.C.CCN1C(=O)C(C)N(C)c2cc(CCC3CC(Oc4cc(F)c(F)c(F)c4)C3)ncc21. The van der Waals surface area contributed by atoms with Crippen LogP contribution in [0.2, 0.25) is 0 Å². The van der Waals surface area contributed by atoms with Crippen molar-refractivity contribution in [3.05, 3.63) is 47.5 Å². The fourth-order valence-electron chi connectivity index (χ4n) is 4.30. The van der Waals surface area contributed by atoms with Gasteiger partial charge in [0.15, 0.2) is 17.5 Å². The molecule has 0 N–H and O–H groups in total. The van der Waals surface area contributed by atoms with Crippen LogP contribution in [0.25, 0.3) is 0 Å². The average molecular weight is 466 g/mol. The van der Waals surface area contributed by atoms with E-state index in [4.69, 9.17) is 4.74 Å². The van der Waals surface area contributed by atoms with Gasteiger partial charge in [0.25, 0.3) is 0 Å². The third kappa shape index (κ3) is 5.09. The summed E-state index contributed by atoms with van der Waals surface area (Å²) in [6.45, 7) is 4.47. The van der Waals surface area contributed by atoms with Gasteiger partial charge in [-0.15, -0.1) is 0 Å². The predicted molar refractivity (Wildman–Crippen MR) is 125 cm³/mol. The van der Waals surface area contributed by atoms with Crippen molar-refractivity contribution in [3.63, 3.8) is 0 Å². The second kappa shape index (κ2) is 10.4. The Labute approximate surface area is 194 Å². The third-order valence-corrected chi connectivity index (χ3v) is 6.37. The highest BCUT2D eigenvalue weighted by Gasteiger charge is 2.34. The van der Waals surface area contributed by atoms with Crippen LogP contribution in [0.5, 0.6) is 5.75 Å². The molecule has 0 saturated heterocycles.